The monoisotopic (exact) mass is 224 g/mol. The zero-order valence-corrected chi connectivity index (χ0v) is 9.46. The molecule has 0 aliphatic heterocycles. The fraction of sp³-hybridized carbons (Fsp3) is 0.0769. The molecule has 0 unspecified atom stereocenters. The van der Waals surface area contributed by atoms with E-state index in [4.69, 9.17) is 11.0 Å². The van der Waals surface area contributed by atoms with Gasteiger partial charge in [0.15, 0.2) is 0 Å². The first-order valence-electron chi connectivity index (χ1n) is 5.16. The predicted molar refractivity (Wildman–Crippen MR) is 67.9 cm³/mol. The third-order valence-electron chi connectivity index (χ3n) is 2.57. The van der Waals surface area contributed by atoms with Crippen LogP contribution >= 0.6 is 0 Å². The minimum Gasteiger partial charge on any atom is -0.397 e. The molecule has 84 valence electrons. The van der Waals surface area contributed by atoms with Crippen LogP contribution in [0.15, 0.2) is 42.7 Å². The summed E-state index contributed by atoms with van der Waals surface area (Å²) in [4.78, 5) is 5.93. The Bertz CT molecular complexity index is 557. The number of benzene rings is 1. The normalized spacial score (nSPS) is 9.65. The van der Waals surface area contributed by atoms with E-state index >= 15 is 0 Å². The number of nitrogens with two attached hydrogens (primary N) is 1. The molecular weight excluding hydrogens is 212 g/mol. The molecule has 2 N–H and O–H groups in total. The van der Waals surface area contributed by atoms with Gasteiger partial charge in [-0.25, -0.2) is 0 Å². The molecule has 2 rings (SSSR count). The molecule has 0 atom stereocenters. The van der Waals surface area contributed by atoms with Crippen molar-refractivity contribution in [3.63, 3.8) is 0 Å². The summed E-state index contributed by atoms with van der Waals surface area (Å²) >= 11 is 0. The van der Waals surface area contributed by atoms with Gasteiger partial charge in [0, 0.05) is 25.1 Å². The van der Waals surface area contributed by atoms with Gasteiger partial charge in [-0.05, 0) is 30.3 Å². The molecule has 2 aromatic rings. The van der Waals surface area contributed by atoms with Crippen molar-refractivity contribution in [1.82, 2.24) is 4.98 Å². The van der Waals surface area contributed by atoms with Crippen LogP contribution in [0.3, 0.4) is 0 Å². The molecule has 0 spiro atoms. The molecule has 0 aliphatic carbocycles. The predicted octanol–water partition coefficient (Wildman–Crippen LogP) is 2.30. The standard InChI is InChI=1S/C13H12N4/c1-17(11-4-6-16-7-5-11)13-3-2-10(9-14)8-12(13)15/h2-8H,15H2,1H3. The summed E-state index contributed by atoms with van der Waals surface area (Å²) in [7, 11) is 1.92. The topological polar surface area (TPSA) is 65.9 Å². The average Bonchev–Trinajstić information content (AvgIpc) is 2.39. The van der Waals surface area contributed by atoms with Gasteiger partial charge in [-0.15, -0.1) is 0 Å². The zero-order valence-electron chi connectivity index (χ0n) is 9.46. The van der Waals surface area contributed by atoms with Crippen molar-refractivity contribution < 1.29 is 0 Å². The first kappa shape index (κ1) is 11.0. The molecular formula is C13H12N4. The number of nitriles is 1. The van der Waals surface area contributed by atoms with Crippen molar-refractivity contribution in [3.8, 4) is 6.07 Å². The van der Waals surface area contributed by atoms with Gasteiger partial charge in [-0.1, -0.05) is 0 Å². The maximum Gasteiger partial charge on any atom is 0.0992 e. The van der Waals surface area contributed by atoms with Crippen LogP contribution in [0.2, 0.25) is 0 Å². The largest absolute Gasteiger partial charge is 0.397 e. The van der Waals surface area contributed by atoms with Gasteiger partial charge in [0.05, 0.1) is 23.0 Å². The molecule has 1 heterocycles. The van der Waals surface area contributed by atoms with Gasteiger partial charge in [0.2, 0.25) is 0 Å². The van der Waals surface area contributed by atoms with Crippen LogP contribution in [0.25, 0.3) is 0 Å². The Morgan fingerprint density at radius 1 is 1.24 bits per heavy atom. The van der Waals surface area contributed by atoms with E-state index < -0.39 is 0 Å². The van der Waals surface area contributed by atoms with Crippen molar-refractivity contribution in [2.75, 3.05) is 17.7 Å². The van der Waals surface area contributed by atoms with Crippen LogP contribution in [0, 0.1) is 11.3 Å². The molecule has 0 saturated carbocycles. The lowest BCUT2D eigenvalue weighted by atomic mass is 10.1. The van der Waals surface area contributed by atoms with Crippen LogP contribution in [-0.4, -0.2) is 12.0 Å². The number of aromatic nitrogens is 1. The molecule has 17 heavy (non-hydrogen) atoms. The van der Waals surface area contributed by atoms with E-state index in [9.17, 15) is 0 Å². The third-order valence-corrected chi connectivity index (χ3v) is 2.57. The lowest BCUT2D eigenvalue weighted by Crippen LogP contribution is -2.11. The second-order valence-corrected chi connectivity index (χ2v) is 3.65. The number of nitrogens with zero attached hydrogens (tertiary/aromatic N) is 3. The maximum absolute atomic E-state index is 8.78. The lowest BCUT2D eigenvalue weighted by molar-refractivity contribution is 1.19. The summed E-state index contributed by atoms with van der Waals surface area (Å²) in [6.45, 7) is 0. The van der Waals surface area contributed by atoms with Crippen LogP contribution in [0.4, 0.5) is 17.1 Å². The molecule has 4 nitrogen and oxygen atoms in total. The Kier molecular flexibility index (Phi) is 2.93. The molecule has 0 radical (unpaired) electrons. The highest BCUT2D eigenvalue weighted by atomic mass is 15.1. The van der Waals surface area contributed by atoms with Gasteiger partial charge in [-0.2, -0.15) is 5.26 Å². The molecule has 1 aromatic carbocycles. The molecule has 1 aromatic heterocycles. The first-order valence-corrected chi connectivity index (χ1v) is 5.16. The summed E-state index contributed by atoms with van der Waals surface area (Å²) < 4.78 is 0. The van der Waals surface area contributed by atoms with E-state index in [0.717, 1.165) is 11.4 Å². The Morgan fingerprint density at radius 2 is 1.94 bits per heavy atom. The van der Waals surface area contributed by atoms with Crippen molar-refractivity contribution >= 4 is 17.1 Å². The summed E-state index contributed by atoms with van der Waals surface area (Å²) in [6, 6.07) is 11.1. The van der Waals surface area contributed by atoms with Crippen molar-refractivity contribution in [2.24, 2.45) is 0 Å². The summed E-state index contributed by atoms with van der Waals surface area (Å²) in [6.07, 6.45) is 3.46. The second-order valence-electron chi connectivity index (χ2n) is 3.65. The van der Waals surface area contributed by atoms with E-state index in [-0.39, 0.29) is 0 Å². The highest BCUT2D eigenvalue weighted by molar-refractivity contribution is 5.75. The van der Waals surface area contributed by atoms with Gasteiger partial charge < -0.3 is 10.6 Å². The molecule has 0 amide bonds. The quantitative estimate of drug-likeness (QED) is 0.795. The Morgan fingerprint density at radius 3 is 2.53 bits per heavy atom. The number of hydrogen-bond acceptors (Lipinski definition) is 4. The average molecular weight is 224 g/mol. The fourth-order valence-electron chi connectivity index (χ4n) is 1.64. The van der Waals surface area contributed by atoms with Crippen LogP contribution < -0.4 is 10.6 Å². The molecule has 0 fully saturated rings. The van der Waals surface area contributed by atoms with E-state index in [1.54, 1.807) is 24.5 Å². The number of hydrogen-bond donors (Lipinski definition) is 1. The van der Waals surface area contributed by atoms with Crippen molar-refractivity contribution in [3.05, 3.63) is 48.3 Å². The van der Waals surface area contributed by atoms with E-state index in [0.29, 0.717) is 11.3 Å². The van der Waals surface area contributed by atoms with E-state index in [1.165, 1.54) is 0 Å². The third kappa shape index (κ3) is 2.18. The molecule has 0 saturated heterocycles. The molecule has 0 aliphatic rings. The number of pyridine rings is 1. The highest BCUT2D eigenvalue weighted by Crippen LogP contribution is 2.28. The van der Waals surface area contributed by atoms with E-state index in [2.05, 4.69) is 11.1 Å². The van der Waals surface area contributed by atoms with E-state index in [1.807, 2.05) is 30.1 Å². The van der Waals surface area contributed by atoms with Crippen molar-refractivity contribution in [2.45, 2.75) is 0 Å². The van der Waals surface area contributed by atoms with Crippen LogP contribution in [0.5, 0.6) is 0 Å². The lowest BCUT2D eigenvalue weighted by Gasteiger charge is -2.21. The van der Waals surface area contributed by atoms with Gasteiger partial charge in [0.1, 0.15) is 0 Å². The Labute approximate surface area is 99.9 Å². The van der Waals surface area contributed by atoms with Crippen LogP contribution in [-0.2, 0) is 0 Å². The van der Waals surface area contributed by atoms with Gasteiger partial charge in [0.25, 0.3) is 0 Å². The maximum atomic E-state index is 8.78. The number of rotatable bonds is 2. The first-order chi connectivity index (χ1) is 8.22. The molecule has 0 bridgehead atoms. The Balaban J connectivity index is 2.39. The number of anilines is 3. The number of nitrogen functional groups attached to an aromatic ring is 1. The van der Waals surface area contributed by atoms with Gasteiger partial charge in [-0.3, -0.25) is 4.98 Å². The summed E-state index contributed by atoms with van der Waals surface area (Å²) in [5.41, 5.74) is 8.94. The molecule has 4 heteroatoms. The summed E-state index contributed by atoms with van der Waals surface area (Å²) in [5, 5.41) is 8.78. The highest BCUT2D eigenvalue weighted by Gasteiger charge is 2.07. The minimum absolute atomic E-state index is 0.564. The minimum atomic E-state index is 0.564. The van der Waals surface area contributed by atoms with Crippen molar-refractivity contribution in [1.29, 1.82) is 5.26 Å². The second kappa shape index (κ2) is 4.54. The van der Waals surface area contributed by atoms with Crippen LogP contribution in [0.1, 0.15) is 5.56 Å². The summed E-state index contributed by atoms with van der Waals surface area (Å²) in [5.74, 6) is 0. The smallest absolute Gasteiger partial charge is 0.0992 e. The SMILES string of the molecule is CN(c1ccncc1)c1ccc(C#N)cc1N. The zero-order chi connectivity index (χ0) is 12.3. The fourth-order valence-corrected chi connectivity index (χ4v) is 1.64. The Hall–Kier alpha value is -2.54. The van der Waals surface area contributed by atoms with Gasteiger partial charge >= 0.3 is 0 Å².